The molecule has 0 saturated carbocycles. The number of aromatic nitrogens is 1. The number of anilines is 1. The Kier molecular flexibility index (Phi) is 2.79. The van der Waals surface area contributed by atoms with Crippen molar-refractivity contribution in [3.63, 3.8) is 0 Å². The van der Waals surface area contributed by atoms with E-state index >= 15 is 0 Å². The summed E-state index contributed by atoms with van der Waals surface area (Å²) in [5, 5.41) is 2.59. The van der Waals surface area contributed by atoms with Crippen LogP contribution in [0.4, 0.5) is 10.5 Å². The summed E-state index contributed by atoms with van der Waals surface area (Å²) in [4.78, 5) is 15.5. The number of carbonyl (C=O) groups is 1. The predicted molar refractivity (Wildman–Crippen MR) is 60.2 cm³/mol. The van der Waals surface area contributed by atoms with Crippen LogP contribution in [-0.2, 0) is 4.74 Å². The first kappa shape index (κ1) is 11.5. The molecule has 0 saturated heterocycles. The molecule has 17 heavy (non-hydrogen) atoms. The van der Waals surface area contributed by atoms with Gasteiger partial charge in [0.15, 0.2) is 11.5 Å². The lowest BCUT2D eigenvalue weighted by Gasteiger charge is -2.23. The van der Waals surface area contributed by atoms with Gasteiger partial charge in [-0.1, -0.05) is 0 Å². The molecule has 92 valence electrons. The first-order chi connectivity index (χ1) is 7.96. The molecule has 0 spiro atoms. The first-order valence-electron chi connectivity index (χ1n) is 5.19. The molecule has 1 aromatic rings. The second-order valence-electron chi connectivity index (χ2n) is 4.54. The van der Waals surface area contributed by atoms with Crippen LogP contribution in [0.15, 0.2) is 12.4 Å². The highest BCUT2D eigenvalue weighted by atomic mass is 16.7. The molecule has 0 aliphatic carbocycles. The van der Waals surface area contributed by atoms with E-state index in [1.54, 1.807) is 20.8 Å². The van der Waals surface area contributed by atoms with Crippen LogP contribution in [0.25, 0.3) is 0 Å². The van der Waals surface area contributed by atoms with Gasteiger partial charge in [0, 0.05) is 0 Å². The Balaban J connectivity index is 2.13. The fourth-order valence-electron chi connectivity index (χ4n) is 1.33. The van der Waals surface area contributed by atoms with Crippen LogP contribution < -0.4 is 14.8 Å². The Bertz CT molecular complexity index is 417. The number of nitrogens with one attached hydrogen (secondary N) is 1. The second kappa shape index (κ2) is 4.12. The summed E-state index contributed by atoms with van der Waals surface area (Å²) in [5.74, 6) is 0.944. The zero-order valence-corrected chi connectivity index (χ0v) is 9.94. The smallest absolute Gasteiger partial charge is 0.412 e. The van der Waals surface area contributed by atoms with Crippen LogP contribution in [0.3, 0.4) is 0 Å². The summed E-state index contributed by atoms with van der Waals surface area (Å²) >= 11 is 0. The van der Waals surface area contributed by atoms with Gasteiger partial charge in [-0.05, 0) is 20.8 Å². The van der Waals surface area contributed by atoms with Crippen molar-refractivity contribution in [2.45, 2.75) is 26.4 Å². The van der Waals surface area contributed by atoms with Crippen LogP contribution in [0.1, 0.15) is 20.8 Å². The number of hydrogen-bond donors (Lipinski definition) is 1. The van der Waals surface area contributed by atoms with Gasteiger partial charge in [0.2, 0.25) is 6.79 Å². The second-order valence-corrected chi connectivity index (χ2v) is 4.54. The Labute approximate surface area is 98.9 Å². The minimum atomic E-state index is -0.555. The van der Waals surface area contributed by atoms with E-state index < -0.39 is 11.7 Å². The van der Waals surface area contributed by atoms with Crippen molar-refractivity contribution in [1.82, 2.24) is 4.98 Å². The molecule has 0 radical (unpaired) electrons. The summed E-state index contributed by atoms with van der Waals surface area (Å²) in [6, 6.07) is 0. The van der Waals surface area contributed by atoms with Gasteiger partial charge in [0.05, 0.1) is 12.4 Å². The molecule has 6 heteroatoms. The van der Waals surface area contributed by atoms with E-state index in [9.17, 15) is 4.79 Å². The molecule has 1 aliphatic rings. The van der Waals surface area contributed by atoms with Crippen molar-refractivity contribution in [1.29, 1.82) is 0 Å². The van der Waals surface area contributed by atoms with Gasteiger partial charge in [0.25, 0.3) is 0 Å². The lowest BCUT2D eigenvalue weighted by Crippen LogP contribution is -2.28. The zero-order valence-electron chi connectivity index (χ0n) is 9.94. The summed E-state index contributed by atoms with van der Waals surface area (Å²) < 4.78 is 15.5. The van der Waals surface area contributed by atoms with Gasteiger partial charge < -0.3 is 14.2 Å². The summed E-state index contributed by atoms with van der Waals surface area (Å²) in [6.07, 6.45) is 2.47. The molecule has 2 rings (SSSR count). The first-order valence-corrected chi connectivity index (χ1v) is 5.19. The Hall–Kier alpha value is -1.98. The number of nitrogens with zero attached hydrogens (tertiary/aromatic N) is 1. The van der Waals surface area contributed by atoms with Gasteiger partial charge >= 0.3 is 6.09 Å². The maximum Gasteiger partial charge on any atom is 0.412 e. The molecule has 1 aliphatic heterocycles. The van der Waals surface area contributed by atoms with E-state index in [-0.39, 0.29) is 6.79 Å². The van der Waals surface area contributed by atoms with E-state index in [0.717, 1.165) is 0 Å². The fourth-order valence-corrected chi connectivity index (χ4v) is 1.33. The van der Waals surface area contributed by atoms with Crippen LogP contribution in [0.2, 0.25) is 0 Å². The molecule has 6 nitrogen and oxygen atoms in total. The standard InChI is InChI=1S/C11H14N2O4/c1-11(2,3)17-10(14)13-9-7-4-12-5-8(9)16-6-15-7/h4-5H,6H2,1-3H3,(H,12,13,14). The van der Waals surface area contributed by atoms with Crippen LogP contribution >= 0.6 is 0 Å². The van der Waals surface area contributed by atoms with Crippen molar-refractivity contribution in [3.05, 3.63) is 12.4 Å². The average molecular weight is 238 g/mol. The van der Waals surface area contributed by atoms with E-state index in [2.05, 4.69) is 10.3 Å². The van der Waals surface area contributed by atoms with Crippen molar-refractivity contribution in [2.75, 3.05) is 12.1 Å². The van der Waals surface area contributed by atoms with Crippen molar-refractivity contribution in [3.8, 4) is 11.5 Å². The fraction of sp³-hybridized carbons (Fsp3) is 0.455. The van der Waals surface area contributed by atoms with Gasteiger partial charge in [-0.15, -0.1) is 0 Å². The van der Waals surface area contributed by atoms with Gasteiger partial charge in [-0.3, -0.25) is 10.3 Å². The third kappa shape index (κ3) is 2.77. The predicted octanol–water partition coefficient (Wildman–Crippen LogP) is 2.16. The number of carbonyl (C=O) groups excluding carboxylic acids is 1. The number of rotatable bonds is 1. The zero-order chi connectivity index (χ0) is 12.5. The maximum absolute atomic E-state index is 11.6. The molecule has 0 fully saturated rings. The summed E-state index contributed by atoms with van der Waals surface area (Å²) in [6.45, 7) is 5.49. The average Bonchev–Trinajstić information content (AvgIpc) is 2.13. The molecule has 1 N–H and O–H groups in total. The summed E-state index contributed by atoms with van der Waals surface area (Å²) in [7, 11) is 0. The van der Waals surface area contributed by atoms with Crippen LogP contribution in [0, 0.1) is 0 Å². The molecule has 2 bridgehead atoms. The number of ether oxygens (including phenoxy) is 3. The van der Waals surface area contributed by atoms with Gasteiger partial charge in [-0.2, -0.15) is 0 Å². The third-order valence-electron chi connectivity index (χ3n) is 1.93. The van der Waals surface area contributed by atoms with Crippen LogP contribution in [-0.4, -0.2) is 23.5 Å². The number of pyridine rings is 1. The van der Waals surface area contributed by atoms with Crippen molar-refractivity contribution >= 4 is 11.8 Å². The van der Waals surface area contributed by atoms with Crippen molar-refractivity contribution in [2.24, 2.45) is 0 Å². The van der Waals surface area contributed by atoms with Gasteiger partial charge in [-0.25, -0.2) is 4.79 Å². The quantitative estimate of drug-likeness (QED) is 0.811. The van der Waals surface area contributed by atoms with E-state index in [1.807, 2.05) is 0 Å². The maximum atomic E-state index is 11.6. The summed E-state index contributed by atoms with van der Waals surface area (Å²) in [5.41, 5.74) is -0.107. The molecular weight excluding hydrogens is 224 g/mol. The normalized spacial score (nSPS) is 13.4. The van der Waals surface area contributed by atoms with Crippen LogP contribution in [0.5, 0.6) is 11.5 Å². The third-order valence-corrected chi connectivity index (χ3v) is 1.93. The highest BCUT2D eigenvalue weighted by molar-refractivity contribution is 5.89. The highest BCUT2D eigenvalue weighted by Gasteiger charge is 2.22. The Morgan fingerprint density at radius 1 is 1.35 bits per heavy atom. The van der Waals surface area contributed by atoms with E-state index in [4.69, 9.17) is 14.2 Å². The molecule has 0 aromatic carbocycles. The monoisotopic (exact) mass is 238 g/mol. The SMILES string of the molecule is CC(C)(C)OC(=O)Nc1c2cncc1OCO2. The molecule has 0 unspecified atom stereocenters. The number of hydrogen-bond acceptors (Lipinski definition) is 5. The molecule has 2 heterocycles. The molecule has 0 atom stereocenters. The lowest BCUT2D eigenvalue weighted by molar-refractivity contribution is 0.0626. The van der Waals surface area contributed by atoms with E-state index in [0.29, 0.717) is 17.2 Å². The molecule has 1 aromatic heterocycles. The lowest BCUT2D eigenvalue weighted by atomic mass is 10.2. The van der Waals surface area contributed by atoms with E-state index in [1.165, 1.54) is 12.4 Å². The van der Waals surface area contributed by atoms with Crippen molar-refractivity contribution < 1.29 is 19.0 Å². The molecular formula is C11H14N2O4. The Morgan fingerprint density at radius 2 is 1.94 bits per heavy atom. The minimum Gasteiger partial charge on any atom is -0.454 e. The van der Waals surface area contributed by atoms with Gasteiger partial charge in [0.1, 0.15) is 11.3 Å². The topological polar surface area (TPSA) is 69.7 Å². The number of fused-ring (bicyclic) bond motifs is 2. The largest absolute Gasteiger partial charge is 0.454 e. The Morgan fingerprint density at radius 3 is 2.47 bits per heavy atom. The number of amides is 1. The minimum absolute atomic E-state index is 0.118. The highest BCUT2D eigenvalue weighted by Crippen LogP contribution is 2.36. The molecule has 1 amide bonds.